The van der Waals surface area contributed by atoms with Crippen molar-refractivity contribution in [2.24, 2.45) is 4.99 Å². The molecule has 0 saturated carbocycles. The van der Waals surface area contributed by atoms with E-state index in [0.717, 1.165) is 18.8 Å². The molecule has 1 aliphatic heterocycles. The predicted octanol–water partition coefficient (Wildman–Crippen LogP) is 5.06. The molecular weight excluding hydrogens is 308 g/mol. The van der Waals surface area contributed by atoms with Gasteiger partial charge in [-0.2, -0.15) is 0 Å². The van der Waals surface area contributed by atoms with E-state index in [-0.39, 0.29) is 5.41 Å². The third-order valence-electron chi connectivity index (χ3n) is 4.76. The Kier molecular flexibility index (Phi) is 4.78. The lowest BCUT2D eigenvalue weighted by Crippen LogP contribution is -2.48. The molecule has 1 unspecified atom stereocenters. The Balaban J connectivity index is 1.96. The molecule has 0 bridgehead atoms. The van der Waals surface area contributed by atoms with Crippen LogP contribution in [0.15, 0.2) is 65.8 Å². The molecule has 0 fully saturated rings. The van der Waals surface area contributed by atoms with E-state index in [2.05, 4.69) is 68.2 Å². The normalized spacial score (nSPS) is 19.8. The highest BCUT2D eigenvalue weighted by Crippen LogP contribution is 2.30. The first-order valence-corrected chi connectivity index (χ1v) is 8.73. The van der Waals surface area contributed by atoms with Gasteiger partial charge in [-0.25, -0.2) is 9.48 Å². The molecule has 0 N–H and O–H groups in total. The summed E-state index contributed by atoms with van der Waals surface area (Å²) in [6, 6.07) is 17.3. The zero-order valence-corrected chi connectivity index (χ0v) is 15.6. The predicted molar refractivity (Wildman–Crippen MR) is 106 cm³/mol. The SMILES string of the molecule is COc1cccc(C[N+]2(c3ccc(C(C)(C)C)cc3)C=NC=CC2)c1. The minimum Gasteiger partial charge on any atom is -0.497 e. The van der Waals surface area contributed by atoms with Gasteiger partial charge in [-0.3, -0.25) is 0 Å². The summed E-state index contributed by atoms with van der Waals surface area (Å²) < 4.78 is 6.07. The van der Waals surface area contributed by atoms with E-state index in [1.54, 1.807) is 7.11 Å². The molecule has 3 rings (SSSR count). The number of quaternary nitrogens is 1. The lowest BCUT2D eigenvalue weighted by molar-refractivity contribution is 0.411. The second-order valence-electron chi connectivity index (χ2n) is 7.67. The smallest absolute Gasteiger partial charge is 0.195 e. The van der Waals surface area contributed by atoms with Gasteiger partial charge in [-0.15, -0.1) is 0 Å². The summed E-state index contributed by atoms with van der Waals surface area (Å²) in [5.41, 5.74) is 4.00. The first-order chi connectivity index (χ1) is 11.9. The number of nitrogens with zero attached hydrogens (tertiary/aromatic N) is 2. The number of methoxy groups -OCH3 is 1. The lowest BCUT2D eigenvalue weighted by atomic mass is 9.87. The van der Waals surface area contributed by atoms with Crippen LogP contribution in [0.3, 0.4) is 0 Å². The van der Waals surface area contributed by atoms with Gasteiger partial charge >= 0.3 is 0 Å². The van der Waals surface area contributed by atoms with Gasteiger partial charge in [0, 0.05) is 11.8 Å². The lowest BCUT2D eigenvalue weighted by Gasteiger charge is -2.34. The zero-order chi connectivity index (χ0) is 17.9. The summed E-state index contributed by atoms with van der Waals surface area (Å²) in [5.74, 6) is 0.892. The van der Waals surface area contributed by atoms with Gasteiger partial charge in [0.2, 0.25) is 0 Å². The quantitative estimate of drug-likeness (QED) is 0.716. The molecule has 1 atom stereocenters. The standard InChI is InChI=1S/C22H27N2O/c1-22(2,3)19-9-11-20(12-10-19)24(14-6-13-23-17-24)16-18-7-5-8-21(15-18)25-4/h5-13,15,17H,14,16H2,1-4H3/q+1. The number of ether oxygens (including phenoxy) is 1. The van der Waals surface area contributed by atoms with Crippen molar-refractivity contribution in [2.75, 3.05) is 13.7 Å². The summed E-state index contributed by atoms with van der Waals surface area (Å²) in [6.07, 6.45) is 6.06. The second kappa shape index (κ2) is 6.85. The molecule has 0 aliphatic carbocycles. The van der Waals surface area contributed by atoms with E-state index < -0.39 is 0 Å². The van der Waals surface area contributed by atoms with Gasteiger partial charge < -0.3 is 4.74 Å². The number of benzene rings is 2. The van der Waals surface area contributed by atoms with Crippen molar-refractivity contribution in [3.63, 3.8) is 0 Å². The Morgan fingerprint density at radius 1 is 1.08 bits per heavy atom. The molecular formula is C22H27N2O+. The molecule has 1 heterocycles. The molecule has 1 aliphatic rings. The Bertz CT molecular complexity index is 784. The van der Waals surface area contributed by atoms with E-state index in [4.69, 9.17) is 4.74 Å². The van der Waals surface area contributed by atoms with Crippen LogP contribution >= 0.6 is 0 Å². The molecule has 3 nitrogen and oxygen atoms in total. The van der Waals surface area contributed by atoms with Crippen molar-refractivity contribution in [3.8, 4) is 5.75 Å². The van der Waals surface area contributed by atoms with Crippen LogP contribution in [0, 0.1) is 0 Å². The topological polar surface area (TPSA) is 21.6 Å². The first kappa shape index (κ1) is 17.4. The molecule has 0 radical (unpaired) electrons. The Morgan fingerprint density at radius 2 is 1.84 bits per heavy atom. The number of hydrogen-bond donors (Lipinski definition) is 0. The van der Waals surface area contributed by atoms with E-state index >= 15 is 0 Å². The van der Waals surface area contributed by atoms with E-state index in [1.807, 2.05) is 24.7 Å². The maximum Gasteiger partial charge on any atom is 0.195 e. The van der Waals surface area contributed by atoms with E-state index in [1.165, 1.54) is 16.8 Å². The van der Waals surface area contributed by atoms with Crippen molar-refractivity contribution in [1.82, 2.24) is 4.48 Å². The van der Waals surface area contributed by atoms with Crippen molar-refractivity contribution < 1.29 is 4.74 Å². The summed E-state index contributed by atoms with van der Waals surface area (Å²) in [4.78, 5) is 4.45. The van der Waals surface area contributed by atoms with E-state index in [9.17, 15) is 0 Å². The molecule has 0 saturated heterocycles. The van der Waals surface area contributed by atoms with Crippen molar-refractivity contribution in [1.29, 1.82) is 0 Å². The van der Waals surface area contributed by atoms with Crippen molar-refractivity contribution >= 4 is 12.0 Å². The summed E-state index contributed by atoms with van der Waals surface area (Å²) >= 11 is 0. The minimum absolute atomic E-state index is 0.159. The molecule has 2 aromatic carbocycles. The third-order valence-corrected chi connectivity index (χ3v) is 4.76. The van der Waals surface area contributed by atoms with Crippen LogP contribution in [0.25, 0.3) is 0 Å². The molecule has 0 aromatic heterocycles. The van der Waals surface area contributed by atoms with Gasteiger partial charge in [0.25, 0.3) is 0 Å². The fraction of sp³-hybridized carbons (Fsp3) is 0.318. The Hall–Kier alpha value is -2.39. The summed E-state index contributed by atoms with van der Waals surface area (Å²) in [5, 5.41) is 0. The van der Waals surface area contributed by atoms with Crippen LogP contribution in [0.2, 0.25) is 0 Å². The number of hydrogen-bond acceptors (Lipinski definition) is 2. The summed E-state index contributed by atoms with van der Waals surface area (Å²) in [7, 11) is 1.71. The Morgan fingerprint density at radius 3 is 2.44 bits per heavy atom. The van der Waals surface area contributed by atoms with Gasteiger partial charge in [0.1, 0.15) is 24.5 Å². The largest absolute Gasteiger partial charge is 0.497 e. The average Bonchev–Trinajstić information content (AvgIpc) is 2.62. The third kappa shape index (κ3) is 3.83. The van der Waals surface area contributed by atoms with E-state index in [0.29, 0.717) is 4.48 Å². The van der Waals surface area contributed by atoms with Crippen LogP contribution in [0.1, 0.15) is 31.9 Å². The van der Waals surface area contributed by atoms with Gasteiger partial charge in [0.15, 0.2) is 6.34 Å². The highest BCUT2D eigenvalue weighted by Gasteiger charge is 2.30. The van der Waals surface area contributed by atoms with Crippen LogP contribution in [-0.2, 0) is 12.0 Å². The van der Waals surface area contributed by atoms with Crippen LogP contribution in [0.5, 0.6) is 5.75 Å². The second-order valence-corrected chi connectivity index (χ2v) is 7.67. The van der Waals surface area contributed by atoms with Crippen LogP contribution < -0.4 is 9.22 Å². The van der Waals surface area contributed by atoms with Crippen molar-refractivity contribution in [3.05, 3.63) is 71.9 Å². The van der Waals surface area contributed by atoms with Crippen molar-refractivity contribution in [2.45, 2.75) is 32.7 Å². The highest BCUT2D eigenvalue weighted by atomic mass is 16.5. The first-order valence-electron chi connectivity index (χ1n) is 8.73. The fourth-order valence-corrected chi connectivity index (χ4v) is 3.23. The maximum absolute atomic E-state index is 5.38. The highest BCUT2D eigenvalue weighted by molar-refractivity contribution is 5.75. The molecule has 2 aromatic rings. The van der Waals surface area contributed by atoms with Gasteiger partial charge in [-0.05, 0) is 41.3 Å². The number of rotatable bonds is 4. The van der Waals surface area contributed by atoms with Gasteiger partial charge in [-0.1, -0.05) is 45.0 Å². The van der Waals surface area contributed by atoms with Gasteiger partial charge in [0.05, 0.1) is 7.11 Å². The fourth-order valence-electron chi connectivity index (χ4n) is 3.23. The number of aliphatic imine (C=N–C) groups is 1. The monoisotopic (exact) mass is 335 g/mol. The molecule has 0 amide bonds. The molecule has 3 heteroatoms. The Labute approximate surface area is 150 Å². The molecule has 130 valence electrons. The van der Waals surface area contributed by atoms with Crippen LogP contribution in [0.4, 0.5) is 5.69 Å². The average molecular weight is 335 g/mol. The van der Waals surface area contributed by atoms with Crippen LogP contribution in [-0.4, -0.2) is 20.0 Å². The molecule has 0 spiro atoms. The zero-order valence-electron chi connectivity index (χ0n) is 15.6. The molecule has 25 heavy (non-hydrogen) atoms. The maximum atomic E-state index is 5.38. The minimum atomic E-state index is 0.159. The summed E-state index contributed by atoms with van der Waals surface area (Å²) in [6.45, 7) is 8.48.